The Hall–Kier alpha value is -2.08. The maximum atomic E-state index is 12.6. The van der Waals surface area contributed by atoms with Gasteiger partial charge in [-0.25, -0.2) is 4.98 Å². The zero-order valence-corrected chi connectivity index (χ0v) is 14.2. The van der Waals surface area contributed by atoms with Crippen LogP contribution in [0.5, 0.6) is 0 Å². The number of amides is 2. The summed E-state index contributed by atoms with van der Waals surface area (Å²) >= 11 is 5.98. The number of aromatic nitrogens is 2. The fourth-order valence-corrected chi connectivity index (χ4v) is 3.53. The summed E-state index contributed by atoms with van der Waals surface area (Å²) in [6.45, 7) is 0.946. The third kappa shape index (κ3) is 2.86. The highest BCUT2D eigenvalue weighted by Gasteiger charge is 2.42. The lowest BCUT2D eigenvalue weighted by atomic mass is 10.1. The molecule has 1 aliphatic carbocycles. The van der Waals surface area contributed by atoms with Crippen LogP contribution in [0, 0.1) is 5.92 Å². The normalized spacial score (nSPS) is 20.8. The molecule has 0 radical (unpaired) electrons. The summed E-state index contributed by atoms with van der Waals surface area (Å²) in [5, 5.41) is 0.645. The van der Waals surface area contributed by atoms with Crippen LogP contribution in [-0.2, 0) is 16.1 Å². The number of halogens is 1. The molecule has 0 bridgehead atoms. The van der Waals surface area contributed by atoms with E-state index < -0.39 is 0 Å². The number of H-pyrrole nitrogens is 1. The number of imidazole rings is 1. The quantitative estimate of drug-likeness (QED) is 0.922. The van der Waals surface area contributed by atoms with E-state index in [1.165, 1.54) is 0 Å². The van der Waals surface area contributed by atoms with E-state index in [0.717, 1.165) is 23.9 Å². The van der Waals surface area contributed by atoms with Gasteiger partial charge in [0.1, 0.15) is 5.82 Å². The number of nitrogens with one attached hydrogen (secondary N) is 1. The average molecular weight is 347 g/mol. The van der Waals surface area contributed by atoms with Crippen molar-refractivity contribution in [1.82, 2.24) is 19.8 Å². The van der Waals surface area contributed by atoms with E-state index in [4.69, 9.17) is 11.6 Å². The second-order valence-electron chi connectivity index (χ2n) is 6.72. The van der Waals surface area contributed by atoms with Gasteiger partial charge >= 0.3 is 0 Å². The minimum absolute atomic E-state index is 0.00462. The van der Waals surface area contributed by atoms with Gasteiger partial charge in [-0.1, -0.05) is 11.6 Å². The van der Waals surface area contributed by atoms with E-state index in [1.54, 1.807) is 18.0 Å². The number of likely N-dealkylation sites (tertiary alicyclic amines) is 1. The Morgan fingerprint density at radius 2 is 2.25 bits per heavy atom. The average Bonchev–Trinajstić information content (AvgIpc) is 3.20. The molecule has 6 nitrogen and oxygen atoms in total. The van der Waals surface area contributed by atoms with Crippen molar-refractivity contribution < 1.29 is 9.59 Å². The third-order valence-corrected chi connectivity index (χ3v) is 4.99. The smallest absolute Gasteiger partial charge is 0.228 e. The van der Waals surface area contributed by atoms with E-state index in [9.17, 15) is 9.59 Å². The molecule has 2 fully saturated rings. The number of carbonyl (C=O) groups is 2. The molecule has 1 aromatic heterocycles. The molecular formula is C17H19ClN4O2. The predicted octanol–water partition coefficient (Wildman–Crippen LogP) is 2.19. The van der Waals surface area contributed by atoms with Crippen LogP contribution in [0.2, 0.25) is 5.02 Å². The molecule has 24 heavy (non-hydrogen) atoms. The number of benzene rings is 1. The van der Waals surface area contributed by atoms with Crippen molar-refractivity contribution in [3.63, 3.8) is 0 Å². The van der Waals surface area contributed by atoms with Gasteiger partial charge in [0.2, 0.25) is 11.8 Å². The molecule has 2 heterocycles. The topological polar surface area (TPSA) is 69.3 Å². The minimum atomic E-state index is -0.234. The van der Waals surface area contributed by atoms with E-state index >= 15 is 0 Å². The van der Waals surface area contributed by atoms with E-state index in [0.29, 0.717) is 36.4 Å². The first-order valence-corrected chi connectivity index (χ1v) is 8.57. The highest BCUT2D eigenvalue weighted by molar-refractivity contribution is 6.31. The lowest BCUT2D eigenvalue weighted by molar-refractivity contribution is -0.135. The Morgan fingerprint density at radius 1 is 1.46 bits per heavy atom. The first kappa shape index (κ1) is 15.4. The summed E-state index contributed by atoms with van der Waals surface area (Å²) < 4.78 is 0. The number of carbonyl (C=O) groups excluding carboxylic acids is 2. The maximum absolute atomic E-state index is 12.6. The number of fused-ring (bicyclic) bond motifs is 1. The zero-order valence-electron chi connectivity index (χ0n) is 13.5. The van der Waals surface area contributed by atoms with Crippen molar-refractivity contribution in [1.29, 1.82) is 0 Å². The lowest BCUT2D eigenvalue weighted by Gasteiger charge is -2.20. The van der Waals surface area contributed by atoms with Crippen molar-refractivity contribution in [3.05, 3.63) is 29.0 Å². The second-order valence-corrected chi connectivity index (χ2v) is 7.15. The van der Waals surface area contributed by atoms with Crippen LogP contribution in [0.15, 0.2) is 18.2 Å². The van der Waals surface area contributed by atoms with Crippen molar-refractivity contribution in [2.24, 2.45) is 5.92 Å². The van der Waals surface area contributed by atoms with Crippen LogP contribution in [0.3, 0.4) is 0 Å². The van der Waals surface area contributed by atoms with Gasteiger partial charge in [-0.2, -0.15) is 0 Å². The van der Waals surface area contributed by atoms with Crippen molar-refractivity contribution in [2.45, 2.75) is 31.8 Å². The molecule has 7 heteroatoms. The molecule has 0 unspecified atom stereocenters. The molecule has 0 spiro atoms. The van der Waals surface area contributed by atoms with Crippen molar-refractivity contribution in [2.75, 3.05) is 13.6 Å². The SMILES string of the molecule is CN(Cc1nc2ccc(Cl)cc2[nH]1)C(=O)[C@@H]1CC(=O)N(C2CC2)C1. The molecule has 4 rings (SSSR count). The van der Waals surface area contributed by atoms with Gasteiger partial charge in [0.15, 0.2) is 0 Å². The van der Waals surface area contributed by atoms with Crippen LogP contribution >= 0.6 is 11.6 Å². The first-order valence-electron chi connectivity index (χ1n) is 8.20. The molecule has 1 aromatic carbocycles. The number of nitrogens with zero attached hydrogens (tertiary/aromatic N) is 3. The van der Waals surface area contributed by atoms with Crippen LogP contribution in [-0.4, -0.2) is 51.2 Å². The fourth-order valence-electron chi connectivity index (χ4n) is 3.36. The number of aromatic amines is 1. The minimum Gasteiger partial charge on any atom is -0.340 e. The highest BCUT2D eigenvalue weighted by atomic mass is 35.5. The molecule has 1 saturated carbocycles. The van der Waals surface area contributed by atoms with Crippen molar-refractivity contribution in [3.8, 4) is 0 Å². The molecule has 1 aliphatic heterocycles. The number of rotatable bonds is 4. The summed E-state index contributed by atoms with van der Waals surface area (Å²) in [5.74, 6) is 0.598. The third-order valence-electron chi connectivity index (χ3n) is 4.75. The second kappa shape index (κ2) is 5.77. The Kier molecular flexibility index (Phi) is 3.72. The molecule has 126 valence electrons. The summed E-state index contributed by atoms with van der Waals surface area (Å²) in [5.41, 5.74) is 1.68. The van der Waals surface area contributed by atoms with Gasteiger partial charge < -0.3 is 14.8 Å². The van der Waals surface area contributed by atoms with Gasteiger partial charge in [0.25, 0.3) is 0 Å². The first-order chi connectivity index (χ1) is 11.5. The maximum Gasteiger partial charge on any atom is 0.228 e. The van der Waals surface area contributed by atoms with E-state index in [1.807, 2.05) is 17.0 Å². The Balaban J connectivity index is 1.43. The summed E-state index contributed by atoms with van der Waals surface area (Å²) in [6, 6.07) is 5.83. The van der Waals surface area contributed by atoms with Crippen LogP contribution in [0.1, 0.15) is 25.1 Å². The van der Waals surface area contributed by atoms with Crippen LogP contribution in [0.25, 0.3) is 11.0 Å². The summed E-state index contributed by atoms with van der Waals surface area (Å²) in [4.78, 5) is 35.9. The molecule has 2 aromatic rings. The molecule has 1 N–H and O–H groups in total. The van der Waals surface area contributed by atoms with Crippen LogP contribution < -0.4 is 0 Å². The Bertz CT molecular complexity index is 814. The lowest BCUT2D eigenvalue weighted by Crippen LogP contribution is -2.35. The molecular weight excluding hydrogens is 328 g/mol. The standard InChI is InChI=1S/C17H19ClN4O2/c1-21(9-15-19-13-5-2-11(18)7-14(13)20-15)17(24)10-6-16(23)22(8-10)12-3-4-12/h2,5,7,10,12H,3-4,6,8-9H2,1H3,(H,19,20)/t10-/m1/s1. The van der Waals surface area contributed by atoms with E-state index in [-0.39, 0.29) is 17.7 Å². The molecule has 2 amide bonds. The largest absolute Gasteiger partial charge is 0.340 e. The molecule has 2 aliphatic rings. The number of hydrogen-bond acceptors (Lipinski definition) is 3. The fraction of sp³-hybridized carbons (Fsp3) is 0.471. The van der Waals surface area contributed by atoms with Crippen molar-refractivity contribution >= 4 is 34.4 Å². The van der Waals surface area contributed by atoms with E-state index in [2.05, 4.69) is 9.97 Å². The summed E-state index contributed by atoms with van der Waals surface area (Å²) in [6.07, 6.45) is 2.48. The molecule has 1 saturated heterocycles. The van der Waals surface area contributed by atoms with Gasteiger partial charge in [-0.3, -0.25) is 9.59 Å². The van der Waals surface area contributed by atoms with Gasteiger partial charge in [-0.05, 0) is 31.0 Å². The van der Waals surface area contributed by atoms with Gasteiger partial charge in [0, 0.05) is 31.1 Å². The zero-order chi connectivity index (χ0) is 16.8. The Morgan fingerprint density at radius 3 is 3.00 bits per heavy atom. The predicted molar refractivity (Wildman–Crippen MR) is 90.4 cm³/mol. The van der Waals surface area contributed by atoms with Gasteiger partial charge in [-0.15, -0.1) is 0 Å². The summed E-state index contributed by atoms with van der Waals surface area (Å²) in [7, 11) is 1.76. The Labute approximate surface area is 144 Å². The van der Waals surface area contributed by atoms with Crippen LogP contribution in [0.4, 0.5) is 0 Å². The molecule has 1 atom stereocenters. The number of hydrogen-bond donors (Lipinski definition) is 1. The van der Waals surface area contributed by atoms with Gasteiger partial charge in [0.05, 0.1) is 23.5 Å². The highest BCUT2D eigenvalue weighted by Crippen LogP contribution is 2.33. The monoisotopic (exact) mass is 346 g/mol.